The van der Waals surface area contributed by atoms with Crippen LogP contribution in [0.15, 0.2) is 18.2 Å². The Bertz CT molecular complexity index is 680. The summed E-state index contributed by atoms with van der Waals surface area (Å²) < 4.78 is 0. The summed E-state index contributed by atoms with van der Waals surface area (Å²) >= 11 is 0. The lowest BCUT2D eigenvalue weighted by Crippen LogP contribution is -2.47. The Morgan fingerprint density at radius 3 is 2.61 bits per heavy atom. The number of aryl methyl sites for hydroxylation is 1. The van der Waals surface area contributed by atoms with Gasteiger partial charge in [0.25, 0.3) is 0 Å². The lowest BCUT2D eigenvalue weighted by molar-refractivity contribution is -0.130. The van der Waals surface area contributed by atoms with Crippen molar-refractivity contribution in [1.82, 2.24) is 26.0 Å². The van der Waals surface area contributed by atoms with E-state index in [9.17, 15) is 9.59 Å². The summed E-state index contributed by atoms with van der Waals surface area (Å²) in [7, 11) is 1.58. The molecule has 0 bridgehead atoms. The SMILES string of the molecule is CNC(=O)C(CCCc1ccc2n[nH]nc2c1)NC(=O)C(C)C. The van der Waals surface area contributed by atoms with Gasteiger partial charge in [0.15, 0.2) is 0 Å². The lowest BCUT2D eigenvalue weighted by atomic mass is 10.0. The van der Waals surface area contributed by atoms with E-state index in [4.69, 9.17) is 0 Å². The molecule has 2 aromatic rings. The van der Waals surface area contributed by atoms with E-state index in [0.717, 1.165) is 29.4 Å². The van der Waals surface area contributed by atoms with Crippen molar-refractivity contribution in [2.24, 2.45) is 5.92 Å². The molecule has 1 aromatic carbocycles. The van der Waals surface area contributed by atoms with Crippen LogP contribution in [0.3, 0.4) is 0 Å². The molecular weight excluding hydrogens is 294 g/mol. The average Bonchev–Trinajstić information content (AvgIpc) is 3.00. The van der Waals surface area contributed by atoms with E-state index in [1.807, 2.05) is 32.0 Å². The van der Waals surface area contributed by atoms with Crippen molar-refractivity contribution >= 4 is 22.8 Å². The third kappa shape index (κ3) is 4.51. The molecule has 1 aromatic heterocycles. The van der Waals surface area contributed by atoms with Gasteiger partial charge in [-0.2, -0.15) is 15.4 Å². The zero-order valence-electron chi connectivity index (χ0n) is 13.7. The Hall–Kier alpha value is -2.44. The number of H-pyrrole nitrogens is 1. The monoisotopic (exact) mass is 317 g/mol. The fourth-order valence-corrected chi connectivity index (χ4v) is 2.33. The summed E-state index contributed by atoms with van der Waals surface area (Å²) in [6.45, 7) is 3.62. The number of nitrogens with zero attached hydrogens (tertiary/aromatic N) is 2. The minimum Gasteiger partial charge on any atom is -0.357 e. The molecule has 23 heavy (non-hydrogen) atoms. The smallest absolute Gasteiger partial charge is 0.242 e. The summed E-state index contributed by atoms with van der Waals surface area (Å²) in [4.78, 5) is 23.7. The third-order valence-electron chi connectivity index (χ3n) is 3.74. The van der Waals surface area contributed by atoms with Crippen LogP contribution in [0.1, 0.15) is 32.3 Å². The van der Waals surface area contributed by atoms with Crippen molar-refractivity contribution in [2.75, 3.05) is 7.05 Å². The van der Waals surface area contributed by atoms with Gasteiger partial charge in [0.1, 0.15) is 17.1 Å². The van der Waals surface area contributed by atoms with Crippen molar-refractivity contribution in [3.05, 3.63) is 23.8 Å². The van der Waals surface area contributed by atoms with E-state index < -0.39 is 6.04 Å². The molecule has 0 aliphatic carbocycles. The van der Waals surface area contributed by atoms with Crippen LogP contribution < -0.4 is 10.6 Å². The number of rotatable bonds is 7. The Kier molecular flexibility index (Phi) is 5.67. The zero-order chi connectivity index (χ0) is 16.8. The number of carbonyl (C=O) groups is 2. The van der Waals surface area contributed by atoms with Gasteiger partial charge < -0.3 is 10.6 Å². The second-order valence-electron chi connectivity index (χ2n) is 5.87. The molecule has 1 unspecified atom stereocenters. The molecule has 1 heterocycles. The maximum atomic E-state index is 11.9. The van der Waals surface area contributed by atoms with E-state index in [-0.39, 0.29) is 17.7 Å². The van der Waals surface area contributed by atoms with Crippen molar-refractivity contribution < 1.29 is 9.59 Å². The molecule has 1 atom stereocenters. The molecule has 0 saturated carbocycles. The summed E-state index contributed by atoms with van der Waals surface area (Å²) in [6, 6.07) is 5.42. The first-order valence-electron chi connectivity index (χ1n) is 7.82. The molecule has 2 rings (SSSR count). The van der Waals surface area contributed by atoms with Crippen LogP contribution in [-0.4, -0.2) is 40.3 Å². The molecule has 0 aliphatic heterocycles. The second kappa shape index (κ2) is 7.71. The number of aromatic amines is 1. The van der Waals surface area contributed by atoms with Crippen LogP contribution in [-0.2, 0) is 16.0 Å². The topological polar surface area (TPSA) is 99.8 Å². The summed E-state index contributed by atoms with van der Waals surface area (Å²) in [6.07, 6.45) is 2.20. The Labute approximate surface area is 135 Å². The number of carbonyl (C=O) groups excluding carboxylic acids is 2. The number of hydrogen-bond acceptors (Lipinski definition) is 4. The molecule has 0 spiro atoms. The van der Waals surface area contributed by atoms with Crippen molar-refractivity contribution in [2.45, 2.75) is 39.2 Å². The fraction of sp³-hybridized carbons (Fsp3) is 0.500. The largest absolute Gasteiger partial charge is 0.357 e. The van der Waals surface area contributed by atoms with E-state index >= 15 is 0 Å². The Balaban J connectivity index is 1.92. The van der Waals surface area contributed by atoms with Gasteiger partial charge in [-0.15, -0.1) is 0 Å². The van der Waals surface area contributed by atoms with E-state index in [1.54, 1.807) is 7.05 Å². The number of aromatic nitrogens is 3. The van der Waals surface area contributed by atoms with Gasteiger partial charge in [-0.3, -0.25) is 9.59 Å². The molecule has 0 fully saturated rings. The molecule has 7 nitrogen and oxygen atoms in total. The van der Waals surface area contributed by atoms with E-state index in [2.05, 4.69) is 26.0 Å². The molecular formula is C16H23N5O2. The highest BCUT2D eigenvalue weighted by atomic mass is 16.2. The first-order chi connectivity index (χ1) is 11.0. The molecule has 2 amide bonds. The van der Waals surface area contributed by atoms with Gasteiger partial charge in [0, 0.05) is 13.0 Å². The minimum absolute atomic E-state index is 0.109. The van der Waals surface area contributed by atoms with Gasteiger partial charge >= 0.3 is 0 Å². The molecule has 0 saturated heterocycles. The highest BCUT2D eigenvalue weighted by Gasteiger charge is 2.20. The summed E-state index contributed by atoms with van der Waals surface area (Å²) in [5, 5.41) is 16.1. The first-order valence-corrected chi connectivity index (χ1v) is 7.82. The lowest BCUT2D eigenvalue weighted by Gasteiger charge is -2.18. The van der Waals surface area contributed by atoms with E-state index in [1.165, 1.54) is 0 Å². The zero-order valence-corrected chi connectivity index (χ0v) is 13.7. The molecule has 3 N–H and O–H groups in total. The number of hydrogen-bond donors (Lipinski definition) is 3. The Morgan fingerprint density at radius 1 is 1.17 bits per heavy atom. The maximum absolute atomic E-state index is 11.9. The van der Waals surface area contributed by atoms with Gasteiger partial charge in [-0.25, -0.2) is 0 Å². The number of nitrogens with one attached hydrogen (secondary N) is 3. The summed E-state index contributed by atoms with van der Waals surface area (Å²) in [5.74, 6) is -0.412. The van der Waals surface area contributed by atoms with Crippen LogP contribution in [0.4, 0.5) is 0 Å². The molecule has 124 valence electrons. The first kappa shape index (κ1) is 16.9. The van der Waals surface area contributed by atoms with Crippen LogP contribution in [0.5, 0.6) is 0 Å². The quantitative estimate of drug-likeness (QED) is 0.713. The van der Waals surface area contributed by atoms with Crippen molar-refractivity contribution in [3.63, 3.8) is 0 Å². The van der Waals surface area contributed by atoms with Crippen molar-refractivity contribution in [3.8, 4) is 0 Å². The standard InChI is InChI=1S/C16H23N5O2/c1-10(2)15(22)18-13(16(23)17-3)6-4-5-11-7-8-12-14(9-11)20-21-19-12/h7-10,13H,4-6H2,1-3H3,(H,17,23)(H,18,22)(H,19,20,21). The fourth-order valence-electron chi connectivity index (χ4n) is 2.33. The van der Waals surface area contributed by atoms with Gasteiger partial charge in [0.2, 0.25) is 11.8 Å². The van der Waals surface area contributed by atoms with Crippen LogP contribution in [0.2, 0.25) is 0 Å². The van der Waals surface area contributed by atoms with Crippen molar-refractivity contribution in [1.29, 1.82) is 0 Å². The number of likely N-dealkylation sites (N-methyl/N-ethyl adjacent to an activating group) is 1. The molecule has 7 heteroatoms. The Morgan fingerprint density at radius 2 is 1.91 bits per heavy atom. The summed E-state index contributed by atoms with van der Waals surface area (Å²) in [5.41, 5.74) is 2.80. The molecule has 0 aliphatic rings. The minimum atomic E-state index is -0.495. The number of amides is 2. The normalized spacial score (nSPS) is 12.3. The maximum Gasteiger partial charge on any atom is 0.242 e. The van der Waals surface area contributed by atoms with Crippen LogP contribution in [0.25, 0.3) is 11.0 Å². The van der Waals surface area contributed by atoms with Crippen LogP contribution in [0, 0.1) is 5.92 Å². The highest BCUT2D eigenvalue weighted by molar-refractivity contribution is 5.88. The van der Waals surface area contributed by atoms with Gasteiger partial charge in [-0.1, -0.05) is 19.9 Å². The second-order valence-corrected chi connectivity index (χ2v) is 5.87. The number of fused-ring (bicyclic) bond motifs is 1. The predicted octanol–water partition coefficient (Wildman–Crippen LogP) is 1.17. The van der Waals surface area contributed by atoms with Crippen LogP contribution >= 0.6 is 0 Å². The van der Waals surface area contributed by atoms with Gasteiger partial charge in [-0.05, 0) is 37.0 Å². The highest BCUT2D eigenvalue weighted by Crippen LogP contribution is 2.13. The number of benzene rings is 1. The van der Waals surface area contributed by atoms with Gasteiger partial charge in [0.05, 0.1) is 0 Å². The van der Waals surface area contributed by atoms with E-state index in [0.29, 0.717) is 6.42 Å². The average molecular weight is 317 g/mol. The molecule has 0 radical (unpaired) electrons. The predicted molar refractivity (Wildman–Crippen MR) is 87.7 cm³/mol. The third-order valence-corrected chi connectivity index (χ3v) is 3.74.